The van der Waals surface area contributed by atoms with Gasteiger partial charge in [0.2, 0.25) is 0 Å². The van der Waals surface area contributed by atoms with E-state index in [0.29, 0.717) is 17.9 Å². The van der Waals surface area contributed by atoms with Crippen molar-refractivity contribution in [3.63, 3.8) is 0 Å². The Morgan fingerprint density at radius 3 is 2.26 bits per heavy atom. The summed E-state index contributed by atoms with van der Waals surface area (Å²) in [6.45, 7) is 4.67. The summed E-state index contributed by atoms with van der Waals surface area (Å²) in [6, 6.07) is 17.2. The molecule has 0 bridgehead atoms. The molecule has 2 aromatic carbocycles. The number of anilines is 1. The van der Waals surface area contributed by atoms with Gasteiger partial charge in [0.05, 0.1) is 11.4 Å². The molecule has 0 atom stereocenters. The molecule has 9 nitrogen and oxygen atoms in total. The van der Waals surface area contributed by atoms with Gasteiger partial charge in [-0.3, -0.25) is 4.90 Å². The maximum Gasteiger partial charge on any atom is 0.167 e. The lowest BCUT2D eigenvalue weighted by molar-refractivity contribution is 0.0815. The molecule has 0 amide bonds. The van der Waals surface area contributed by atoms with Gasteiger partial charge < -0.3 is 15.2 Å². The standard InChI is InChI=1S/C29H32N8O/c1-35-14-16-36(17-15-35)21-10-12-22(13-11-21)37-29-25(28(30)31-18-32-29)27(33-37)20-8-6-19(7-9-20)26-23-4-2-3-5-24(23)38-34-26/h2-9,18,21-22H,10-17H2,1H3,(H2,30,31,32). The lowest BCUT2D eigenvalue weighted by Gasteiger charge is -2.41. The Bertz CT molecular complexity index is 1570. The molecule has 1 aliphatic heterocycles. The Balaban J connectivity index is 1.18. The lowest BCUT2D eigenvalue weighted by atomic mass is 9.90. The number of likely N-dealkylation sites (N-methyl/N-ethyl adjacent to an activating group) is 1. The van der Waals surface area contributed by atoms with Crippen LogP contribution in [0.2, 0.25) is 0 Å². The third-order valence-corrected chi connectivity index (χ3v) is 8.39. The largest absolute Gasteiger partial charge is 0.383 e. The molecule has 7 rings (SSSR count). The first-order valence-electron chi connectivity index (χ1n) is 13.5. The molecule has 9 heteroatoms. The van der Waals surface area contributed by atoms with Crippen molar-refractivity contribution in [1.82, 2.24) is 34.7 Å². The van der Waals surface area contributed by atoms with Crippen LogP contribution in [0.4, 0.5) is 5.82 Å². The number of piperazine rings is 1. The van der Waals surface area contributed by atoms with E-state index in [-0.39, 0.29) is 0 Å². The van der Waals surface area contributed by atoms with Crippen molar-refractivity contribution >= 4 is 27.8 Å². The van der Waals surface area contributed by atoms with Crippen LogP contribution in [0.1, 0.15) is 31.7 Å². The molecule has 38 heavy (non-hydrogen) atoms. The lowest BCUT2D eigenvalue weighted by Crippen LogP contribution is -2.49. The highest BCUT2D eigenvalue weighted by atomic mass is 16.5. The number of rotatable bonds is 4. The molecule has 2 aliphatic rings. The van der Waals surface area contributed by atoms with Gasteiger partial charge in [-0.25, -0.2) is 14.6 Å². The fraction of sp³-hybridized carbons (Fsp3) is 0.379. The minimum atomic E-state index is 0.310. The van der Waals surface area contributed by atoms with Crippen LogP contribution in [0, 0.1) is 0 Å². The number of nitrogen functional groups attached to an aromatic ring is 1. The summed E-state index contributed by atoms with van der Waals surface area (Å²) in [5.74, 6) is 0.467. The van der Waals surface area contributed by atoms with E-state index >= 15 is 0 Å². The summed E-state index contributed by atoms with van der Waals surface area (Å²) in [6.07, 6.45) is 6.11. The van der Waals surface area contributed by atoms with Crippen molar-refractivity contribution < 1.29 is 4.52 Å². The van der Waals surface area contributed by atoms with Gasteiger partial charge in [-0.1, -0.05) is 41.6 Å². The summed E-state index contributed by atoms with van der Waals surface area (Å²) in [4.78, 5) is 14.1. The SMILES string of the molecule is CN1CCN(C2CCC(n3nc(-c4ccc(-c5noc6ccccc56)cc4)c4c(N)ncnc43)CC2)CC1. The molecule has 2 fully saturated rings. The van der Waals surface area contributed by atoms with Crippen LogP contribution < -0.4 is 5.73 Å². The Morgan fingerprint density at radius 2 is 1.50 bits per heavy atom. The highest BCUT2D eigenvalue weighted by Crippen LogP contribution is 2.38. The molecular formula is C29H32N8O. The average Bonchev–Trinajstić information content (AvgIpc) is 3.57. The van der Waals surface area contributed by atoms with E-state index in [2.05, 4.69) is 60.9 Å². The third kappa shape index (κ3) is 4.02. The van der Waals surface area contributed by atoms with Gasteiger partial charge in [-0.2, -0.15) is 5.10 Å². The van der Waals surface area contributed by atoms with Gasteiger partial charge in [0.15, 0.2) is 11.2 Å². The molecule has 5 aromatic rings. The van der Waals surface area contributed by atoms with Gasteiger partial charge >= 0.3 is 0 Å². The van der Waals surface area contributed by atoms with Crippen LogP contribution in [0.25, 0.3) is 44.5 Å². The minimum Gasteiger partial charge on any atom is -0.383 e. The van der Waals surface area contributed by atoms with Crippen molar-refractivity contribution in [2.24, 2.45) is 0 Å². The Morgan fingerprint density at radius 1 is 0.816 bits per heavy atom. The first-order valence-corrected chi connectivity index (χ1v) is 13.5. The van der Waals surface area contributed by atoms with Crippen LogP contribution in [-0.4, -0.2) is 74.0 Å². The van der Waals surface area contributed by atoms with Gasteiger partial charge in [0.1, 0.15) is 23.5 Å². The van der Waals surface area contributed by atoms with Crippen LogP contribution in [0.3, 0.4) is 0 Å². The molecule has 0 unspecified atom stereocenters. The molecule has 1 saturated heterocycles. The number of nitrogens with zero attached hydrogens (tertiary/aromatic N) is 7. The second kappa shape index (κ2) is 9.49. The predicted molar refractivity (Wildman–Crippen MR) is 149 cm³/mol. The number of hydrogen-bond donors (Lipinski definition) is 1. The number of benzene rings is 2. The first kappa shape index (κ1) is 23.3. The van der Waals surface area contributed by atoms with Crippen LogP contribution in [0.5, 0.6) is 0 Å². The second-order valence-electron chi connectivity index (χ2n) is 10.7. The fourth-order valence-electron chi connectivity index (χ4n) is 6.19. The molecular weight excluding hydrogens is 476 g/mol. The maximum absolute atomic E-state index is 6.40. The highest BCUT2D eigenvalue weighted by Gasteiger charge is 2.30. The molecule has 194 valence electrons. The Hall–Kier alpha value is -3.82. The van der Waals surface area contributed by atoms with Crippen LogP contribution in [-0.2, 0) is 0 Å². The first-order chi connectivity index (χ1) is 18.7. The number of nitrogens with two attached hydrogens (primary N) is 1. The molecule has 0 spiro atoms. The zero-order valence-electron chi connectivity index (χ0n) is 21.6. The van der Waals surface area contributed by atoms with Gasteiger partial charge in [-0.15, -0.1) is 0 Å². The highest BCUT2D eigenvalue weighted by molar-refractivity contribution is 5.99. The van der Waals surface area contributed by atoms with E-state index in [1.165, 1.54) is 25.9 Å². The quantitative estimate of drug-likeness (QED) is 0.375. The van der Waals surface area contributed by atoms with Crippen molar-refractivity contribution in [3.8, 4) is 22.5 Å². The predicted octanol–water partition coefficient (Wildman–Crippen LogP) is 4.61. The number of fused-ring (bicyclic) bond motifs is 2. The number of para-hydroxylation sites is 1. The molecule has 3 aromatic heterocycles. The number of hydrogen-bond acceptors (Lipinski definition) is 8. The van der Waals surface area contributed by atoms with Crippen molar-refractivity contribution in [1.29, 1.82) is 0 Å². The Kier molecular flexibility index (Phi) is 5.82. The van der Waals surface area contributed by atoms with Gasteiger partial charge in [0, 0.05) is 48.7 Å². The van der Waals surface area contributed by atoms with E-state index < -0.39 is 0 Å². The topological polar surface area (TPSA) is 102 Å². The van der Waals surface area contributed by atoms with E-state index in [0.717, 1.165) is 70.4 Å². The van der Waals surface area contributed by atoms with Gasteiger partial charge in [0.25, 0.3) is 0 Å². The van der Waals surface area contributed by atoms with E-state index in [1.807, 2.05) is 24.3 Å². The molecule has 0 radical (unpaired) electrons. The summed E-state index contributed by atoms with van der Waals surface area (Å²) in [5, 5.41) is 11.2. The molecule has 1 saturated carbocycles. The summed E-state index contributed by atoms with van der Waals surface area (Å²) >= 11 is 0. The second-order valence-corrected chi connectivity index (χ2v) is 10.7. The van der Waals surface area contributed by atoms with Crippen LogP contribution >= 0.6 is 0 Å². The zero-order valence-corrected chi connectivity index (χ0v) is 21.6. The van der Waals surface area contributed by atoms with Crippen molar-refractivity contribution in [2.75, 3.05) is 39.0 Å². The number of aromatic nitrogens is 5. The molecule has 4 heterocycles. The monoisotopic (exact) mass is 508 g/mol. The average molecular weight is 509 g/mol. The molecule has 1 aliphatic carbocycles. The summed E-state index contributed by atoms with van der Waals surface area (Å²) in [5.41, 5.74) is 11.6. The van der Waals surface area contributed by atoms with E-state index in [4.69, 9.17) is 15.4 Å². The normalized spacial score (nSPS) is 21.4. The minimum absolute atomic E-state index is 0.310. The van der Waals surface area contributed by atoms with Crippen molar-refractivity contribution in [2.45, 2.75) is 37.8 Å². The van der Waals surface area contributed by atoms with Crippen LogP contribution in [0.15, 0.2) is 59.4 Å². The van der Waals surface area contributed by atoms with Gasteiger partial charge in [-0.05, 0) is 44.9 Å². The summed E-state index contributed by atoms with van der Waals surface area (Å²) < 4.78 is 7.62. The molecule has 2 N–H and O–H groups in total. The Labute approximate surface area is 221 Å². The van der Waals surface area contributed by atoms with E-state index in [1.54, 1.807) is 6.33 Å². The maximum atomic E-state index is 6.40. The fourth-order valence-corrected chi connectivity index (χ4v) is 6.19. The summed E-state index contributed by atoms with van der Waals surface area (Å²) in [7, 11) is 2.21. The van der Waals surface area contributed by atoms with E-state index in [9.17, 15) is 0 Å². The third-order valence-electron chi connectivity index (χ3n) is 8.39. The zero-order chi connectivity index (χ0) is 25.6. The smallest absolute Gasteiger partial charge is 0.167 e. The van der Waals surface area contributed by atoms with Crippen molar-refractivity contribution in [3.05, 3.63) is 54.9 Å².